The molecule has 1 heterocycles. The normalized spacial score (nSPS) is 10.9. The van der Waals surface area contributed by atoms with E-state index in [-0.39, 0.29) is 0 Å². The second-order valence-corrected chi connectivity index (χ2v) is 4.36. The molecule has 0 aliphatic heterocycles. The van der Waals surface area contributed by atoms with Gasteiger partial charge in [-0.15, -0.1) is 0 Å². The smallest absolute Gasteiger partial charge is 0.0458 e. The Kier molecular flexibility index (Phi) is 2.45. The van der Waals surface area contributed by atoms with Gasteiger partial charge in [0.1, 0.15) is 0 Å². The molecule has 1 nitrogen and oxygen atoms in total. The molecule has 0 saturated carbocycles. The molecule has 0 aliphatic carbocycles. The first kappa shape index (κ1) is 10.2. The van der Waals surface area contributed by atoms with Crippen molar-refractivity contribution in [2.24, 2.45) is 0 Å². The zero-order valence-corrected chi connectivity index (χ0v) is 9.83. The van der Waals surface area contributed by atoms with E-state index in [0.717, 1.165) is 6.42 Å². The van der Waals surface area contributed by atoms with E-state index in [1.165, 1.54) is 27.7 Å². The van der Waals surface area contributed by atoms with Crippen molar-refractivity contribution >= 4 is 10.9 Å². The number of aromatic nitrogens is 1. The second-order valence-electron chi connectivity index (χ2n) is 4.36. The third-order valence-electron chi connectivity index (χ3n) is 3.20. The SMILES string of the molecule is Cc1[nH]c2ccccc2c1Cc1cc[c]cc1. The number of hydrogen-bond donors (Lipinski definition) is 1. The van der Waals surface area contributed by atoms with Crippen molar-refractivity contribution in [2.45, 2.75) is 13.3 Å². The lowest BCUT2D eigenvalue weighted by Crippen LogP contribution is -1.88. The van der Waals surface area contributed by atoms with Crippen LogP contribution in [0.15, 0.2) is 48.5 Å². The second kappa shape index (κ2) is 4.10. The van der Waals surface area contributed by atoms with Gasteiger partial charge >= 0.3 is 0 Å². The highest BCUT2D eigenvalue weighted by Crippen LogP contribution is 2.24. The Morgan fingerprint density at radius 1 is 1.06 bits per heavy atom. The first-order chi connectivity index (χ1) is 8.34. The van der Waals surface area contributed by atoms with Crippen molar-refractivity contribution in [3.63, 3.8) is 0 Å². The van der Waals surface area contributed by atoms with Crippen molar-refractivity contribution in [2.75, 3.05) is 0 Å². The van der Waals surface area contributed by atoms with Crippen LogP contribution in [0.5, 0.6) is 0 Å². The molecule has 3 rings (SSSR count). The average Bonchev–Trinajstić information content (AvgIpc) is 2.68. The van der Waals surface area contributed by atoms with Crippen LogP contribution in [0.2, 0.25) is 0 Å². The number of aromatic amines is 1. The van der Waals surface area contributed by atoms with Gasteiger partial charge in [-0.25, -0.2) is 0 Å². The lowest BCUT2D eigenvalue weighted by Gasteiger charge is -2.01. The van der Waals surface area contributed by atoms with Crippen LogP contribution in [0.4, 0.5) is 0 Å². The third-order valence-corrected chi connectivity index (χ3v) is 3.20. The molecule has 0 unspecified atom stereocenters. The minimum absolute atomic E-state index is 0.977. The quantitative estimate of drug-likeness (QED) is 0.675. The average molecular weight is 220 g/mol. The third kappa shape index (κ3) is 1.84. The Morgan fingerprint density at radius 3 is 2.65 bits per heavy atom. The Labute approximate surface area is 101 Å². The number of benzene rings is 2. The van der Waals surface area contributed by atoms with Gasteiger partial charge in [0.05, 0.1) is 0 Å². The molecule has 83 valence electrons. The largest absolute Gasteiger partial charge is 0.358 e. The highest BCUT2D eigenvalue weighted by Gasteiger charge is 2.07. The molecule has 0 fully saturated rings. The standard InChI is InChI=1S/C16H14N/c1-12-15(11-13-7-3-2-4-8-13)14-9-5-6-10-16(14)17-12/h3-10,17H,11H2,1H3. The van der Waals surface area contributed by atoms with Crippen LogP contribution in [0.25, 0.3) is 10.9 Å². The lowest BCUT2D eigenvalue weighted by molar-refractivity contribution is 1.15. The number of rotatable bonds is 2. The Bertz CT molecular complexity index is 635. The van der Waals surface area contributed by atoms with Crippen LogP contribution in [0.3, 0.4) is 0 Å². The topological polar surface area (TPSA) is 15.8 Å². The van der Waals surface area contributed by atoms with Gasteiger partial charge in [0, 0.05) is 16.6 Å². The first-order valence-corrected chi connectivity index (χ1v) is 5.86. The molecule has 1 aromatic heterocycles. The predicted molar refractivity (Wildman–Crippen MR) is 71.1 cm³/mol. The minimum Gasteiger partial charge on any atom is -0.358 e. The molecule has 0 bridgehead atoms. The number of H-pyrrole nitrogens is 1. The van der Waals surface area contributed by atoms with Gasteiger partial charge in [-0.3, -0.25) is 0 Å². The zero-order chi connectivity index (χ0) is 11.7. The van der Waals surface area contributed by atoms with Crippen molar-refractivity contribution in [3.05, 3.63) is 71.4 Å². The van der Waals surface area contributed by atoms with Crippen LogP contribution in [0.1, 0.15) is 16.8 Å². The molecule has 0 aliphatic rings. The van der Waals surface area contributed by atoms with Crippen molar-refractivity contribution in [1.29, 1.82) is 0 Å². The predicted octanol–water partition coefficient (Wildman–Crippen LogP) is 3.87. The summed E-state index contributed by atoms with van der Waals surface area (Å²) in [7, 11) is 0. The van der Waals surface area contributed by atoms with Gasteiger partial charge in [-0.2, -0.15) is 0 Å². The van der Waals surface area contributed by atoms with Crippen LogP contribution in [-0.2, 0) is 6.42 Å². The number of aryl methyl sites for hydroxylation is 1. The molecule has 17 heavy (non-hydrogen) atoms. The maximum Gasteiger partial charge on any atom is 0.0458 e. The summed E-state index contributed by atoms with van der Waals surface area (Å²) in [6, 6.07) is 19.7. The van der Waals surface area contributed by atoms with E-state index in [0.29, 0.717) is 0 Å². The molecule has 0 spiro atoms. The number of para-hydroxylation sites is 1. The maximum atomic E-state index is 3.44. The number of hydrogen-bond acceptors (Lipinski definition) is 0. The van der Waals surface area contributed by atoms with Gasteiger partial charge in [0.15, 0.2) is 0 Å². The summed E-state index contributed by atoms with van der Waals surface area (Å²) < 4.78 is 0. The van der Waals surface area contributed by atoms with Crippen LogP contribution in [0, 0.1) is 13.0 Å². The summed E-state index contributed by atoms with van der Waals surface area (Å²) in [5.41, 5.74) is 5.21. The summed E-state index contributed by atoms with van der Waals surface area (Å²) in [5.74, 6) is 0. The van der Waals surface area contributed by atoms with Crippen molar-refractivity contribution in [3.8, 4) is 0 Å². The van der Waals surface area contributed by atoms with Crippen molar-refractivity contribution < 1.29 is 0 Å². The van der Waals surface area contributed by atoms with E-state index in [4.69, 9.17) is 0 Å². The molecule has 0 amide bonds. The highest BCUT2D eigenvalue weighted by atomic mass is 14.7. The van der Waals surface area contributed by atoms with E-state index >= 15 is 0 Å². The van der Waals surface area contributed by atoms with Crippen LogP contribution >= 0.6 is 0 Å². The summed E-state index contributed by atoms with van der Waals surface area (Å²) >= 11 is 0. The molecule has 0 saturated heterocycles. The van der Waals surface area contributed by atoms with Crippen LogP contribution in [-0.4, -0.2) is 4.98 Å². The zero-order valence-electron chi connectivity index (χ0n) is 9.83. The molecular weight excluding hydrogens is 206 g/mol. The van der Waals surface area contributed by atoms with Gasteiger partial charge < -0.3 is 4.98 Å². The molecule has 0 atom stereocenters. The van der Waals surface area contributed by atoms with Crippen molar-refractivity contribution in [1.82, 2.24) is 4.98 Å². The first-order valence-electron chi connectivity index (χ1n) is 5.86. The van der Waals surface area contributed by atoms with Gasteiger partial charge in [-0.1, -0.05) is 42.5 Å². The fraction of sp³-hybridized carbons (Fsp3) is 0.125. The molecule has 3 aromatic rings. The highest BCUT2D eigenvalue weighted by molar-refractivity contribution is 5.84. The van der Waals surface area contributed by atoms with Crippen LogP contribution < -0.4 is 0 Å². The van der Waals surface area contributed by atoms with E-state index in [2.05, 4.69) is 54.4 Å². The summed E-state index contributed by atoms with van der Waals surface area (Å²) in [6.07, 6.45) is 0.977. The Morgan fingerprint density at radius 2 is 1.82 bits per heavy atom. The Hall–Kier alpha value is -2.02. The van der Waals surface area contributed by atoms with E-state index in [9.17, 15) is 0 Å². The van der Waals surface area contributed by atoms with E-state index < -0.39 is 0 Å². The van der Waals surface area contributed by atoms with Gasteiger partial charge in [-0.05, 0) is 36.6 Å². The molecule has 1 N–H and O–H groups in total. The molecule has 2 aromatic carbocycles. The van der Waals surface area contributed by atoms with E-state index in [1.54, 1.807) is 0 Å². The monoisotopic (exact) mass is 220 g/mol. The molecule has 1 heteroatoms. The maximum absolute atomic E-state index is 3.44. The van der Waals surface area contributed by atoms with Gasteiger partial charge in [0.25, 0.3) is 0 Å². The lowest BCUT2D eigenvalue weighted by atomic mass is 10.0. The molecular formula is C16H14N. The van der Waals surface area contributed by atoms with E-state index in [1.807, 2.05) is 12.1 Å². The molecule has 1 radical (unpaired) electrons. The fourth-order valence-corrected chi connectivity index (χ4v) is 2.31. The number of fused-ring (bicyclic) bond motifs is 1. The summed E-state index contributed by atoms with van der Waals surface area (Å²) in [5, 5.41) is 1.33. The van der Waals surface area contributed by atoms with Gasteiger partial charge in [0.2, 0.25) is 0 Å². The summed E-state index contributed by atoms with van der Waals surface area (Å²) in [6.45, 7) is 2.14. The summed E-state index contributed by atoms with van der Waals surface area (Å²) in [4.78, 5) is 3.44. The fourth-order valence-electron chi connectivity index (χ4n) is 2.31. The minimum atomic E-state index is 0.977. The number of nitrogens with one attached hydrogen (secondary N) is 1. The Balaban J connectivity index is 2.08.